The van der Waals surface area contributed by atoms with E-state index in [0.717, 1.165) is 13.0 Å². The summed E-state index contributed by atoms with van der Waals surface area (Å²) in [6, 6.07) is 0.0300. The summed E-state index contributed by atoms with van der Waals surface area (Å²) in [7, 11) is 3.04. The number of rotatable bonds is 7. The highest BCUT2D eigenvalue weighted by Gasteiger charge is 2.64. The number of halogens is 1. The lowest BCUT2D eigenvalue weighted by molar-refractivity contribution is -0.153. The fourth-order valence-electron chi connectivity index (χ4n) is 6.37. The van der Waals surface area contributed by atoms with Crippen LogP contribution in [0.1, 0.15) is 43.4 Å². The molecule has 0 aromatic heterocycles. The summed E-state index contributed by atoms with van der Waals surface area (Å²) in [5.41, 5.74) is 1.45. The third-order valence-corrected chi connectivity index (χ3v) is 8.11. The third-order valence-electron chi connectivity index (χ3n) is 8.11. The summed E-state index contributed by atoms with van der Waals surface area (Å²) in [4.78, 5) is 42.4. The zero-order chi connectivity index (χ0) is 28.3. The molecule has 1 aromatic rings. The lowest BCUT2D eigenvalue weighted by atomic mass is 9.57. The normalized spacial score (nSPS) is 27.1. The lowest BCUT2D eigenvalue weighted by Gasteiger charge is -2.50. The maximum atomic E-state index is 15.8. The summed E-state index contributed by atoms with van der Waals surface area (Å²) in [6.07, 6.45) is 0.688. The molecule has 1 saturated carbocycles. The molecule has 10 nitrogen and oxygen atoms in total. The summed E-state index contributed by atoms with van der Waals surface area (Å²) in [5.74, 6) is -8.17. The van der Waals surface area contributed by atoms with Crippen LogP contribution in [-0.4, -0.2) is 86.5 Å². The van der Waals surface area contributed by atoms with Gasteiger partial charge in [0.15, 0.2) is 11.4 Å². The van der Waals surface area contributed by atoms with Crippen LogP contribution in [0.15, 0.2) is 23.0 Å². The van der Waals surface area contributed by atoms with Gasteiger partial charge in [0.25, 0.3) is 5.91 Å². The van der Waals surface area contributed by atoms with E-state index in [1.165, 1.54) is 25.1 Å². The topological polar surface area (TPSA) is 165 Å². The number of aliphatic hydroxyl groups excluding tert-OH is 2. The molecular weight excluding hydrogens is 497 g/mol. The van der Waals surface area contributed by atoms with E-state index in [1.54, 1.807) is 0 Å². The zero-order valence-electron chi connectivity index (χ0n) is 21.9. The third kappa shape index (κ3) is 3.91. The van der Waals surface area contributed by atoms with Crippen LogP contribution in [0.2, 0.25) is 0 Å². The van der Waals surface area contributed by atoms with Crippen molar-refractivity contribution in [2.75, 3.05) is 27.2 Å². The molecule has 38 heavy (non-hydrogen) atoms. The van der Waals surface area contributed by atoms with Gasteiger partial charge in [-0.15, -0.1) is 0 Å². The Morgan fingerprint density at radius 3 is 2.42 bits per heavy atom. The minimum atomic E-state index is -2.72. The van der Waals surface area contributed by atoms with Gasteiger partial charge in [-0.2, -0.15) is 0 Å². The van der Waals surface area contributed by atoms with Gasteiger partial charge in [0, 0.05) is 29.2 Å². The SMILES string of the molecule is CCCN(CC)Cc1cc(O)c2c(c1F)C[C@H]1C[C@H]3[C@H](N(C)C)C(=O)C(C(N)=O)=C(O)[C@@]3(O)C(=O)C1=C2O. The molecule has 0 unspecified atom stereocenters. The van der Waals surface area contributed by atoms with Crippen LogP contribution in [0.3, 0.4) is 0 Å². The Bertz CT molecular complexity index is 1290. The van der Waals surface area contributed by atoms with E-state index in [1.807, 2.05) is 18.7 Å². The predicted molar refractivity (Wildman–Crippen MR) is 135 cm³/mol. The maximum absolute atomic E-state index is 15.8. The second-order valence-corrected chi connectivity index (χ2v) is 10.6. The Labute approximate surface area is 219 Å². The molecule has 3 aliphatic rings. The summed E-state index contributed by atoms with van der Waals surface area (Å²) < 4.78 is 15.8. The minimum absolute atomic E-state index is 0.0400. The number of amides is 1. The number of ketones is 2. The van der Waals surface area contributed by atoms with Crippen molar-refractivity contribution < 1.29 is 39.2 Å². The number of aliphatic hydroxyl groups is 3. The second-order valence-electron chi connectivity index (χ2n) is 10.6. The molecule has 1 amide bonds. The van der Waals surface area contributed by atoms with Crippen molar-refractivity contribution in [1.82, 2.24) is 9.80 Å². The number of hydrogen-bond donors (Lipinski definition) is 5. The molecule has 1 aromatic carbocycles. The number of carbonyl (C=O) groups is 3. The number of phenolic OH excluding ortho intramolecular Hbond substituents is 1. The second kappa shape index (κ2) is 9.79. The number of nitrogens with zero attached hydrogens (tertiary/aromatic N) is 2. The van der Waals surface area contributed by atoms with Gasteiger partial charge in [-0.05, 0) is 58.4 Å². The number of hydrogen-bond acceptors (Lipinski definition) is 9. The van der Waals surface area contributed by atoms with Crippen LogP contribution < -0.4 is 5.73 Å². The average molecular weight is 532 g/mol. The highest BCUT2D eigenvalue weighted by atomic mass is 19.1. The highest BCUT2D eigenvalue weighted by molar-refractivity contribution is 6.24. The van der Waals surface area contributed by atoms with Crippen molar-refractivity contribution in [3.63, 3.8) is 0 Å². The van der Waals surface area contributed by atoms with E-state index in [4.69, 9.17) is 5.73 Å². The number of carbonyl (C=O) groups excluding carboxylic acids is 3. The van der Waals surface area contributed by atoms with E-state index >= 15 is 4.39 Å². The minimum Gasteiger partial charge on any atom is -0.508 e. The molecular formula is C27H34FN3O7. The van der Waals surface area contributed by atoms with Crippen molar-refractivity contribution >= 4 is 23.2 Å². The molecule has 0 aliphatic heterocycles. The van der Waals surface area contributed by atoms with Crippen molar-refractivity contribution in [3.05, 3.63) is 45.5 Å². The summed E-state index contributed by atoms with van der Waals surface area (Å²) in [5, 5.41) is 44.4. The van der Waals surface area contributed by atoms with Crippen molar-refractivity contribution in [2.45, 2.75) is 51.3 Å². The Morgan fingerprint density at radius 1 is 1.21 bits per heavy atom. The van der Waals surface area contributed by atoms with Gasteiger partial charge >= 0.3 is 0 Å². The fraction of sp³-hybridized carbons (Fsp3) is 0.519. The molecule has 0 heterocycles. The van der Waals surface area contributed by atoms with Gasteiger partial charge in [-0.1, -0.05) is 13.8 Å². The van der Waals surface area contributed by atoms with Crippen molar-refractivity contribution in [3.8, 4) is 5.75 Å². The number of aromatic hydroxyl groups is 1. The zero-order valence-corrected chi connectivity index (χ0v) is 21.9. The molecule has 0 saturated heterocycles. The Hall–Kier alpha value is -3.28. The molecule has 206 valence electrons. The predicted octanol–water partition coefficient (Wildman–Crippen LogP) is 1.34. The molecule has 4 rings (SSSR count). The smallest absolute Gasteiger partial charge is 0.255 e. The Morgan fingerprint density at radius 2 is 1.87 bits per heavy atom. The monoisotopic (exact) mass is 531 g/mol. The van der Waals surface area contributed by atoms with Crippen LogP contribution in [0.25, 0.3) is 5.76 Å². The largest absolute Gasteiger partial charge is 0.508 e. The first-order valence-corrected chi connectivity index (χ1v) is 12.7. The molecule has 1 fully saturated rings. The van der Waals surface area contributed by atoms with E-state index in [-0.39, 0.29) is 41.6 Å². The van der Waals surface area contributed by atoms with Crippen LogP contribution >= 0.6 is 0 Å². The maximum Gasteiger partial charge on any atom is 0.255 e. The van der Waals surface area contributed by atoms with Gasteiger partial charge < -0.3 is 26.2 Å². The molecule has 0 radical (unpaired) electrons. The first-order valence-electron chi connectivity index (χ1n) is 12.7. The van der Waals surface area contributed by atoms with E-state index in [0.29, 0.717) is 6.54 Å². The van der Waals surface area contributed by atoms with Gasteiger partial charge in [0.2, 0.25) is 5.78 Å². The van der Waals surface area contributed by atoms with Crippen LogP contribution in [0.4, 0.5) is 4.39 Å². The quantitative estimate of drug-likeness (QED) is 0.327. The molecule has 3 aliphatic carbocycles. The Kier molecular flexibility index (Phi) is 7.15. The highest BCUT2D eigenvalue weighted by Crippen LogP contribution is 2.53. The van der Waals surface area contributed by atoms with Gasteiger partial charge in [0.1, 0.15) is 28.7 Å². The number of benzene rings is 1. The average Bonchev–Trinajstić information content (AvgIpc) is 2.83. The molecule has 11 heteroatoms. The van der Waals surface area contributed by atoms with Crippen molar-refractivity contribution in [2.24, 2.45) is 17.6 Å². The summed E-state index contributed by atoms with van der Waals surface area (Å²) >= 11 is 0. The van der Waals surface area contributed by atoms with E-state index in [9.17, 15) is 34.8 Å². The molecule has 0 spiro atoms. The Balaban J connectivity index is 1.89. The van der Waals surface area contributed by atoms with Gasteiger partial charge in [0.05, 0.1) is 11.6 Å². The van der Waals surface area contributed by atoms with E-state index in [2.05, 4.69) is 0 Å². The lowest BCUT2D eigenvalue weighted by Crippen LogP contribution is -2.65. The fourth-order valence-corrected chi connectivity index (χ4v) is 6.37. The number of likely N-dealkylation sites (N-methyl/N-ethyl adjacent to an activating group) is 1. The number of Topliss-reactive ketones (excluding diaryl/α,β-unsaturated/α-hetero) is 2. The number of nitrogens with two attached hydrogens (primary N) is 1. The number of phenols is 1. The van der Waals surface area contributed by atoms with Crippen LogP contribution in [0.5, 0.6) is 5.75 Å². The molecule has 4 atom stereocenters. The summed E-state index contributed by atoms with van der Waals surface area (Å²) in [6.45, 7) is 5.59. The standard InChI is InChI=1S/C27H34FN3O7/c1-5-7-31(6-2)11-13-10-16(32)18-14(20(13)28)8-12-9-15-21(30(3)4)23(34)19(26(29)37)25(36)27(15,38)24(35)17(12)22(18)33/h10,12,15,21,32-33,36,38H,5-9,11H2,1-4H3,(H2,29,37)/t12-,15-,21-,27-/m0/s1. The molecule has 6 N–H and O–H groups in total. The number of fused-ring (bicyclic) bond motifs is 3. The first-order chi connectivity index (χ1) is 17.8. The van der Waals surface area contributed by atoms with Crippen molar-refractivity contribution in [1.29, 1.82) is 0 Å². The van der Waals surface area contributed by atoms with Gasteiger partial charge in [-0.25, -0.2) is 4.39 Å². The van der Waals surface area contributed by atoms with Crippen LogP contribution in [0, 0.1) is 17.7 Å². The van der Waals surface area contributed by atoms with Crippen LogP contribution in [-0.2, 0) is 27.3 Å². The van der Waals surface area contributed by atoms with E-state index < -0.39 is 69.6 Å². The first kappa shape index (κ1) is 27.7. The number of primary amides is 1. The molecule has 0 bridgehead atoms. The van der Waals surface area contributed by atoms with Gasteiger partial charge in [-0.3, -0.25) is 24.2 Å².